The normalized spacial score (nSPS) is 11.8. The van der Waals surface area contributed by atoms with E-state index in [-0.39, 0.29) is 16.9 Å². The highest BCUT2D eigenvalue weighted by molar-refractivity contribution is 8.00. The van der Waals surface area contributed by atoms with Crippen LogP contribution in [0.1, 0.15) is 35.3 Å². The molecule has 0 aliphatic rings. The largest absolute Gasteiger partial charge is 0.324 e. The molecule has 120 valence electrons. The fourth-order valence-corrected chi connectivity index (χ4v) is 3.25. The number of aryl methyl sites for hydroxylation is 2. The highest BCUT2D eigenvalue weighted by Crippen LogP contribution is 2.28. The Kier molecular flexibility index (Phi) is 5.61. The van der Waals surface area contributed by atoms with Crippen LogP contribution in [0.3, 0.4) is 0 Å². The molecule has 1 atom stereocenters. The number of para-hydroxylation sites is 1. The van der Waals surface area contributed by atoms with E-state index < -0.39 is 0 Å². The number of carbonyl (C=O) groups excluding carboxylic acids is 2. The van der Waals surface area contributed by atoms with Crippen LogP contribution in [0.25, 0.3) is 0 Å². The summed E-state index contributed by atoms with van der Waals surface area (Å²) < 4.78 is 0. The van der Waals surface area contributed by atoms with E-state index in [1.165, 1.54) is 29.8 Å². The third-order valence-corrected chi connectivity index (χ3v) is 4.85. The summed E-state index contributed by atoms with van der Waals surface area (Å²) in [5.41, 5.74) is 3.47. The zero-order chi connectivity index (χ0) is 17.0. The molecule has 0 saturated carbocycles. The summed E-state index contributed by atoms with van der Waals surface area (Å²) >= 11 is 1.52. The predicted octanol–water partition coefficient (Wildman–Crippen LogP) is 4.63. The lowest BCUT2D eigenvalue weighted by Gasteiger charge is -2.15. The molecule has 0 radical (unpaired) electrons. The average Bonchev–Trinajstić information content (AvgIpc) is 2.50. The number of ketones is 1. The van der Waals surface area contributed by atoms with E-state index in [4.69, 9.17) is 0 Å². The van der Waals surface area contributed by atoms with Gasteiger partial charge in [0, 0.05) is 10.5 Å². The molecule has 0 heterocycles. The molecule has 0 fully saturated rings. The van der Waals surface area contributed by atoms with Crippen molar-refractivity contribution in [1.29, 1.82) is 0 Å². The molecule has 0 unspecified atom stereocenters. The van der Waals surface area contributed by atoms with Gasteiger partial charge in [0.1, 0.15) is 0 Å². The van der Waals surface area contributed by atoms with E-state index in [9.17, 15) is 9.59 Å². The van der Waals surface area contributed by atoms with Gasteiger partial charge in [0.2, 0.25) is 5.91 Å². The van der Waals surface area contributed by atoms with Crippen LogP contribution < -0.4 is 5.32 Å². The Labute approximate surface area is 141 Å². The van der Waals surface area contributed by atoms with Crippen molar-refractivity contribution in [3.05, 3.63) is 59.2 Å². The van der Waals surface area contributed by atoms with Crippen LogP contribution in [-0.4, -0.2) is 16.9 Å². The average molecular weight is 327 g/mol. The number of carbonyl (C=O) groups is 2. The van der Waals surface area contributed by atoms with Crippen LogP contribution >= 0.6 is 11.8 Å². The Bertz CT molecular complexity index is 740. The van der Waals surface area contributed by atoms with Gasteiger partial charge >= 0.3 is 0 Å². The lowest BCUT2D eigenvalue weighted by atomic mass is 10.1. The molecular weight excluding hydrogens is 306 g/mol. The Morgan fingerprint density at radius 3 is 2.43 bits per heavy atom. The topological polar surface area (TPSA) is 46.2 Å². The van der Waals surface area contributed by atoms with Crippen molar-refractivity contribution >= 4 is 29.1 Å². The molecule has 3 nitrogen and oxygen atoms in total. The number of benzene rings is 2. The quantitative estimate of drug-likeness (QED) is 0.643. The Balaban J connectivity index is 2.10. The van der Waals surface area contributed by atoms with E-state index in [2.05, 4.69) is 18.3 Å². The van der Waals surface area contributed by atoms with Crippen LogP contribution in [0.2, 0.25) is 0 Å². The second kappa shape index (κ2) is 7.47. The molecule has 0 spiro atoms. The smallest absolute Gasteiger partial charge is 0.237 e. The van der Waals surface area contributed by atoms with Crippen molar-refractivity contribution in [2.75, 3.05) is 5.32 Å². The molecular formula is C19H21NO2S. The summed E-state index contributed by atoms with van der Waals surface area (Å²) in [5, 5.41) is 2.61. The first-order valence-corrected chi connectivity index (χ1v) is 8.41. The Morgan fingerprint density at radius 1 is 1.09 bits per heavy atom. The molecule has 0 aliphatic carbocycles. The maximum Gasteiger partial charge on any atom is 0.237 e. The zero-order valence-corrected chi connectivity index (χ0v) is 14.7. The fraction of sp³-hybridized carbons (Fsp3) is 0.263. The van der Waals surface area contributed by atoms with Gasteiger partial charge in [-0.1, -0.05) is 29.8 Å². The van der Waals surface area contributed by atoms with Gasteiger partial charge in [-0.3, -0.25) is 9.59 Å². The van der Waals surface area contributed by atoms with Crippen LogP contribution in [-0.2, 0) is 4.79 Å². The summed E-state index contributed by atoms with van der Waals surface area (Å²) in [6, 6.07) is 13.3. The fourth-order valence-electron chi connectivity index (χ4n) is 2.31. The van der Waals surface area contributed by atoms with Gasteiger partial charge in [-0.2, -0.15) is 0 Å². The van der Waals surface area contributed by atoms with Crippen molar-refractivity contribution in [2.45, 2.75) is 37.8 Å². The van der Waals surface area contributed by atoms with Gasteiger partial charge in [-0.25, -0.2) is 0 Å². The number of hydrogen-bond donors (Lipinski definition) is 1. The highest BCUT2D eigenvalue weighted by Gasteiger charge is 2.17. The van der Waals surface area contributed by atoms with Crippen molar-refractivity contribution in [1.82, 2.24) is 0 Å². The lowest BCUT2D eigenvalue weighted by Crippen LogP contribution is -2.23. The minimum Gasteiger partial charge on any atom is -0.324 e. The first-order valence-electron chi connectivity index (χ1n) is 7.53. The van der Waals surface area contributed by atoms with Crippen LogP contribution in [0.4, 0.5) is 5.69 Å². The first kappa shape index (κ1) is 17.3. The lowest BCUT2D eigenvalue weighted by molar-refractivity contribution is -0.115. The number of rotatable bonds is 5. The summed E-state index contributed by atoms with van der Waals surface area (Å²) in [4.78, 5) is 25.2. The van der Waals surface area contributed by atoms with Gasteiger partial charge in [-0.15, -0.1) is 11.8 Å². The van der Waals surface area contributed by atoms with Gasteiger partial charge in [0.15, 0.2) is 5.78 Å². The number of amides is 1. The molecule has 2 aromatic carbocycles. The molecule has 23 heavy (non-hydrogen) atoms. The molecule has 0 aliphatic heterocycles. The summed E-state index contributed by atoms with van der Waals surface area (Å²) in [5.74, 6) is -0.167. The first-order chi connectivity index (χ1) is 10.9. The van der Waals surface area contributed by atoms with Crippen LogP contribution in [0, 0.1) is 13.8 Å². The second-order valence-electron chi connectivity index (χ2n) is 5.62. The van der Waals surface area contributed by atoms with Crippen molar-refractivity contribution in [2.24, 2.45) is 0 Å². The summed E-state index contributed by atoms with van der Waals surface area (Å²) in [6.07, 6.45) is 0. The third kappa shape index (κ3) is 4.45. The molecule has 2 aromatic rings. The van der Waals surface area contributed by atoms with Gasteiger partial charge in [-0.05, 0) is 51.5 Å². The number of nitrogens with one attached hydrogen (secondary N) is 1. The van der Waals surface area contributed by atoms with Crippen molar-refractivity contribution in [3.8, 4) is 0 Å². The molecule has 0 aromatic heterocycles. The second-order valence-corrected chi connectivity index (χ2v) is 7.00. The summed E-state index contributed by atoms with van der Waals surface area (Å²) in [6.45, 7) is 7.47. The minimum absolute atomic E-state index is 0.0596. The van der Waals surface area contributed by atoms with E-state index in [0.29, 0.717) is 11.3 Å². The third-order valence-electron chi connectivity index (χ3n) is 3.57. The molecule has 0 saturated heterocycles. The maximum atomic E-state index is 12.4. The van der Waals surface area contributed by atoms with Crippen LogP contribution in [0.15, 0.2) is 47.4 Å². The standard InChI is InChI=1S/C19H21NO2S/c1-12-9-10-18(13(2)11-12)23-15(4)19(22)20-17-8-6-5-7-16(17)14(3)21/h5-11,15H,1-4H3,(H,20,22)/t15-/m1/s1. The monoisotopic (exact) mass is 327 g/mol. The highest BCUT2D eigenvalue weighted by atomic mass is 32.2. The van der Waals surface area contributed by atoms with Gasteiger partial charge in [0.25, 0.3) is 0 Å². The van der Waals surface area contributed by atoms with Crippen molar-refractivity contribution < 1.29 is 9.59 Å². The molecule has 4 heteroatoms. The predicted molar refractivity (Wildman–Crippen MR) is 96.3 cm³/mol. The number of hydrogen-bond acceptors (Lipinski definition) is 3. The van der Waals surface area contributed by atoms with E-state index in [1.807, 2.05) is 32.0 Å². The molecule has 1 N–H and O–H groups in total. The molecule has 1 amide bonds. The Morgan fingerprint density at radius 2 is 1.78 bits per heavy atom. The minimum atomic E-state index is -0.253. The number of anilines is 1. The number of Topliss-reactive ketones (excluding diaryl/α,β-unsaturated/α-hetero) is 1. The van der Waals surface area contributed by atoms with E-state index >= 15 is 0 Å². The van der Waals surface area contributed by atoms with Gasteiger partial charge < -0.3 is 5.32 Å². The van der Waals surface area contributed by atoms with E-state index in [0.717, 1.165) is 4.90 Å². The SMILES string of the molecule is CC(=O)c1ccccc1NC(=O)[C@@H](C)Sc1ccc(C)cc1C. The van der Waals surface area contributed by atoms with Crippen molar-refractivity contribution in [3.63, 3.8) is 0 Å². The van der Waals surface area contributed by atoms with Gasteiger partial charge in [0.05, 0.1) is 10.9 Å². The summed E-state index contributed by atoms with van der Waals surface area (Å²) in [7, 11) is 0. The zero-order valence-electron chi connectivity index (χ0n) is 13.8. The van der Waals surface area contributed by atoms with Crippen LogP contribution in [0.5, 0.6) is 0 Å². The number of thioether (sulfide) groups is 1. The molecule has 0 bridgehead atoms. The maximum absolute atomic E-state index is 12.4. The Hall–Kier alpha value is -2.07. The van der Waals surface area contributed by atoms with E-state index in [1.54, 1.807) is 18.2 Å². The molecule has 2 rings (SSSR count).